The van der Waals surface area contributed by atoms with Gasteiger partial charge in [-0.1, -0.05) is 0 Å². The molecule has 0 fully saturated rings. The predicted molar refractivity (Wildman–Crippen MR) is 29.0 cm³/mol. The van der Waals surface area contributed by atoms with Crippen molar-refractivity contribution in [3.8, 4) is 0 Å². The average Bonchev–Trinajstić information content (AvgIpc) is 1.35. The first-order valence-corrected chi connectivity index (χ1v) is 2.10. The molecule has 1 nitrogen and oxygen atoms in total. The maximum Gasteiger partial charge on any atom is 0.0360 e. The van der Waals surface area contributed by atoms with Crippen LogP contribution in [0.5, 0.6) is 0 Å². The highest BCUT2D eigenvalue weighted by molar-refractivity contribution is 5.85. The van der Waals surface area contributed by atoms with Crippen molar-refractivity contribution in [2.24, 2.45) is 4.99 Å². The first kappa shape index (κ1) is 5.67. The Morgan fingerprint density at radius 3 is 2.33 bits per heavy atom. The van der Waals surface area contributed by atoms with E-state index < -0.39 is 0 Å². The fourth-order valence-electron chi connectivity index (χ4n) is 0.270. The van der Waals surface area contributed by atoms with E-state index in [-0.39, 0.29) is 0 Å². The van der Waals surface area contributed by atoms with Gasteiger partial charge in [-0.25, -0.2) is 0 Å². The van der Waals surface area contributed by atoms with Crippen molar-refractivity contribution in [2.45, 2.75) is 13.8 Å². The van der Waals surface area contributed by atoms with Gasteiger partial charge in [0.1, 0.15) is 0 Å². The highest BCUT2D eigenvalue weighted by Crippen LogP contribution is 1.70. The lowest BCUT2D eigenvalue weighted by molar-refractivity contribution is 1.13. The molecule has 0 aromatic carbocycles. The van der Waals surface area contributed by atoms with Crippen molar-refractivity contribution in [3.63, 3.8) is 0 Å². The lowest BCUT2D eigenvalue weighted by Crippen LogP contribution is -1.80. The van der Waals surface area contributed by atoms with E-state index in [0.717, 1.165) is 12.3 Å². The van der Waals surface area contributed by atoms with Crippen molar-refractivity contribution in [1.82, 2.24) is 0 Å². The summed E-state index contributed by atoms with van der Waals surface area (Å²) in [5, 5.41) is 0. The number of aliphatic imine (C=N–C) groups is 1. The predicted octanol–water partition coefficient (Wildman–Crippen LogP) is 1.30. The van der Waals surface area contributed by atoms with Crippen LogP contribution in [0.15, 0.2) is 4.99 Å². The van der Waals surface area contributed by atoms with Crippen LogP contribution in [0.3, 0.4) is 0 Å². The van der Waals surface area contributed by atoms with Gasteiger partial charge in [0.05, 0.1) is 0 Å². The maximum absolute atomic E-state index is 3.93. The normalized spacial score (nSPS) is 12.2. The Bertz CT molecular complexity index is 51.0. The van der Waals surface area contributed by atoms with Crippen LogP contribution in [0.1, 0.15) is 13.8 Å². The Labute approximate surface area is 39.1 Å². The minimum atomic E-state index is 0.856. The molecule has 0 aliphatic rings. The van der Waals surface area contributed by atoms with Crippen molar-refractivity contribution < 1.29 is 0 Å². The highest BCUT2D eigenvalue weighted by atomic mass is 14.7. The molecule has 0 heterocycles. The number of hydrogen-bond acceptors (Lipinski definition) is 1. The summed E-state index contributed by atoms with van der Waals surface area (Å²) in [7, 11) is 0. The molecule has 0 aromatic rings. The summed E-state index contributed by atoms with van der Waals surface area (Å²) < 4.78 is 0. The van der Waals surface area contributed by atoms with Crippen LogP contribution >= 0.6 is 0 Å². The number of nitrogens with zero attached hydrogens (tertiary/aromatic N) is 1. The van der Waals surface area contributed by atoms with Crippen molar-refractivity contribution in [1.29, 1.82) is 0 Å². The zero-order valence-electron chi connectivity index (χ0n) is 4.36. The Morgan fingerprint density at radius 1 is 1.83 bits per heavy atom. The molecule has 35 valence electrons. The summed E-state index contributed by atoms with van der Waals surface area (Å²) in [4.78, 5) is 3.93. The van der Waals surface area contributed by atoms with Crippen LogP contribution < -0.4 is 0 Å². The van der Waals surface area contributed by atoms with Gasteiger partial charge < -0.3 is 0 Å². The van der Waals surface area contributed by atoms with Gasteiger partial charge in [-0.15, -0.1) is 0 Å². The first-order chi connectivity index (χ1) is 2.77. The van der Waals surface area contributed by atoms with E-state index in [1.165, 1.54) is 0 Å². The van der Waals surface area contributed by atoms with Crippen LogP contribution in [0, 0.1) is 6.92 Å². The largest absolute Gasteiger partial charge is 0.295 e. The van der Waals surface area contributed by atoms with E-state index in [1.807, 2.05) is 13.8 Å². The second kappa shape index (κ2) is 2.88. The SMILES string of the molecule is [CH2]/C(C)=N/CC. The topological polar surface area (TPSA) is 12.4 Å². The molecular formula is C5H10N. The van der Waals surface area contributed by atoms with Crippen LogP contribution in [0.25, 0.3) is 0 Å². The maximum atomic E-state index is 3.93. The van der Waals surface area contributed by atoms with Gasteiger partial charge in [-0.3, -0.25) is 4.99 Å². The number of rotatable bonds is 1. The molecule has 0 aliphatic heterocycles. The van der Waals surface area contributed by atoms with Crippen LogP contribution in [-0.4, -0.2) is 12.3 Å². The Kier molecular flexibility index (Phi) is 2.73. The fourth-order valence-corrected chi connectivity index (χ4v) is 0.270. The molecule has 1 heteroatoms. The first-order valence-electron chi connectivity index (χ1n) is 2.10. The summed E-state index contributed by atoms with van der Waals surface area (Å²) in [6.07, 6.45) is 0. The molecule has 6 heavy (non-hydrogen) atoms. The van der Waals surface area contributed by atoms with Crippen molar-refractivity contribution >= 4 is 5.71 Å². The lowest BCUT2D eigenvalue weighted by atomic mass is 10.5. The lowest BCUT2D eigenvalue weighted by Gasteiger charge is -1.80. The summed E-state index contributed by atoms with van der Waals surface area (Å²) >= 11 is 0. The van der Waals surface area contributed by atoms with Crippen LogP contribution in [-0.2, 0) is 0 Å². The van der Waals surface area contributed by atoms with Crippen molar-refractivity contribution in [2.75, 3.05) is 6.54 Å². The Balaban J connectivity index is 3.14. The monoisotopic (exact) mass is 84.1 g/mol. The zero-order valence-corrected chi connectivity index (χ0v) is 4.36. The molecule has 0 unspecified atom stereocenters. The third kappa shape index (κ3) is 3.67. The smallest absolute Gasteiger partial charge is 0.0360 e. The molecule has 0 aliphatic carbocycles. The van der Waals surface area contributed by atoms with Gasteiger partial charge in [0, 0.05) is 12.3 Å². The minimum absolute atomic E-state index is 0.856. The quantitative estimate of drug-likeness (QED) is 0.425. The molecule has 0 bridgehead atoms. The fraction of sp³-hybridized carbons (Fsp3) is 0.600. The zero-order chi connectivity index (χ0) is 4.99. The molecular weight excluding hydrogens is 74.1 g/mol. The molecule has 0 spiro atoms. The molecule has 0 amide bonds. The second-order valence-electron chi connectivity index (χ2n) is 1.21. The molecule has 0 saturated carbocycles. The molecule has 1 radical (unpaired) electrons. The summed E-state index contributed by atoms with van der Waals surface area (Å²) in [6.45, 7) is 8.32. The average molecular weight is 84.1 g/mol. The van der Waals surface area contributed by atoms with Crippen molar-refractivity contribution in [3.05, 3.63) is 6.92 Å². The summed E-state index contributed by atoms with van der Waals surface area (Å²) in [6, 6.07) is 0. The summed E-state index contributed by atoms with van der Waals surface area (Å²) in [5.41, 5.74) is 0.914. The van der Waals surface area contributed by atoms with Crippen LogP contribution in [0.4, 0.5) is 0 Å². The Morgan fingerprint density at radius 2 is 2.33 bits per heavy atom. The van der Waals surface area contributed by atoms with Gasteiger partial charge >= 0.3 is 0 Å². The minimum Gasteiger partial charge on any atom is -0.295 e. The molecule has 0 aromatic heterocycles. The molecule has 0 atom stereocenters. The third-order valence-corrected chi connectivity index (χ3v) is 0.428. The molecule has 0 N–H and O–H groups in total. The van der Waals surface area contributed by atoms with E-state index in [0.29, 0.717) is 0 Å². The van der Waals surface area contributed by atoms with E-state index in [4.69, 9.17) is 0 Å². The van der Waals surface area contributed by atoms with Gasteiger partial charge in [-0.05, 0) is 20.8 Å². The van der Waals surface area contributed by atoms with E-state index in [2.05, 4.69) is 11.9 Å². The van der Waals surface area contributed by atoms with E-state index in [9.17, 15) is 0 Å². The molecule has 0 saturated heterocycles. The summed E-state index contributed by atoms with van der Waals surface area (Å²) in [5.74, 6) is 0. The Hall–Kier alpha value is -0.330. The number of hydrogen-bond donors (Lipinski definition) is 0. The third-order valence-electron chi connectivity index (χ3n) is 0.428. The van der Waals surface area contributed by atoms with Gasteiger partial charge in [0.2, 0.25) is 0 Å². The standard InChI is InChI=1S/C5H10N/c1-4-6-5(2)3/h2,4H2,1,3H3/b6-5-. The van der Waals surface area contributed by atoms with Gasteiger partial charge in [0.25, 0.3) is 0 Å². The van der Waals surface area contributed by atoms with E-state index in [1.54, 1.807) is 0 Å². The van der Waals surface area contributed by atoms with Crippen LogP contribution in [0.2, 0.25) is 0 Å². The second-order valence-corrected chi connectivity index (χ2v) is 1.21. The highest BCUT2D eigenvalue weighted by Gasteiger charge is 1.68. The van der Waals surface area contributed by atoms with Gasteiger partial charge in [-0.2, -0.15) is 0 Å². The van der Waals surface area contributed by atoms with Gasteiger partial charge in [0.15, 0.2) is 0 Å². The van der Waals surface area contributed by atoms with E-state index >= 15 is 0 Å². The molecule has 0 rings (SSSR count).